The number of cyclic esters (lactones) is 1. The van der Waals surface area contributed by atoms with E-state index in [4.69, 9.17) is 10.5 Å². The lowest BCUT2D eigenvalue weighted by Gasteiger charge is -2.35. The Balaban J connectivity index is 2.00. The number of nitrogens with one attached hydrogen (secondary N) is 1. The van der Waals surface area contributed by atoms with Gasteiger partial charge in [-0.2, -0.15) is 0 Å². The molecule has 1 aliphatic heterocycles. The molecule has 0 saturated heterocycles. The van der Waals surface area contributed by atoms with Crippen molar-refractivity contribution in [3.63, 3.8) is 0 Å². The number of likely N-dealkylation sites (N-methyl/N-ethyl adjacent to an activating group) is 1. The van der Waals surface area contributed by atoms with Gasteiger partial charge in [-0.3, -0.25) is 19.1 Å². The van der Waals surface area contributed by atoms with Gasteiger partial charge in [-0.15, -0.1) is 0 Å². The Morgan fingerprint density at radius 1 is 1.31 bits per heavy atom. The zero-order valence-electron chi connectivity index (χ0n) is 16.7. The van der Waals surface area contributed by atoms with Gasteiger partial charge < -0.3 is 15.4 Å². The third kappa shape index (κ3) is 3.55. The third-order valence-electron chi connectivity index (χ3n) is 5.12. The first kappa shape index (κ1) is 20.4. The number of carbonyl (C=O) groups excluding carboxylic acids is 2. The van der Waals surface area contributed by atoms with Crippen LogP contribution in [0.2, 0.25) is 0 Å². The summed E-state index contributed by atoms with van der Waals surface area (Å²) in [4.78, 5) is 53.4. The fourth-order valence-electron chi connectivity index (χ4n) is 3.55. The smallest absolute Gasteiger partial charge is 0.339 e. The summed E-state index contributed by atoms with van der Waals surface area (Å²) in [5.74, 6) is -1.32. The lowest BCUT2D eigenvalue weighted by Crippen LogP contribution is -2.53. The van der Waals surface area contributed by atoms with Crippen molar-refractivity contribution in [3.05, 3.63) is 56.2 Å². The Kier molecular flexibility index (Phi) is 5.32. The van der Waals surface area contributed by atoms with Gasteiger partial charge in [-0.05, 0) is 25.0 Å². The lowest BCUT2D eigenvalue weighted by atomic mass is 9.89. The molecule has 29 heavy (non-hydrogen) atoms. The van der Waals surface area contributed by atoms with Crippen LogP contribution in [0.4, 0.5) is 11.5 Å². The van der Waals surface area contributed by atoms with Crippen molar-refractivity contribution in [2.24, 2.45) is 0 Å². The molecule has 1 aromatic carbocycles. The molecule has 9 heteroatoms. The Labute approximate surface area is 167 Å². The predicted octanol–water partition coefficient (Wildman–Crippen LogP) is 1.05. The van der Waals surface area contributed by atoms with Gasteiger partial charge in [0.05, 0.1) is 5.56 Å². The molecule has 0 saturated carbocycles. The Morgan fingerprint density at radius 2 is 2.00 bits per heavy atom. The zero-order chi connectivity index (χ0) is 21.3. The molecule has 1 amide bonds. The highest BCUT2D eigenvalue weighted by Crippen LogP contribution is 2.31. The standard InChI is InChI=1S/C20H24N4O5/c1-4-5-10-24-15(21)14(16(25)22-19(24)28)23(3)18(27)20(2)11-12-8-6-7-9-13(12)17(26)29-20/h6-9H,4-5,10-11,21H2,1-3H3,(H,22,25,28). The molecule has 3 N–H and O–H groups in total. The van der Waals surface area contributed by atoms with E-state index in [1.807, 2.05) is 6.92 Å². The second kappa shape index (κ2) is 7.57. The van der Waals surface area contributed by atoms with Crippen LogP contribution in [0.1, 0.15) is 42.6 Å². The van der Waals surface area contributed by atoms with Crippen LogP contribution in [-0.4, -0.2) is 34.1 Å². The van der Waals surface area contributed by atoms with E-state index in [-0.39, 0.29) is 17.9 Å². The number of aromatic nitrogens is 2. The summed E-state index contributed by atoms with van der Waals surface area (Å²) in [6.45, 7) is 3.77. The van der Waals surface area contributed by atoms with Crippen LogP contribution in [0.5, 0.6) is 0 Å². The number of rotatable bonds is 5. The number of unbranched alkanes of at least 4 members (excludes halogenated alkanes) is 1. The van der Waals surface area contributed by atoms with Crippen molar-refractivity contribution in [1.29, 1.82) is 0 Å². The van der Waals surface area contributed by atoms with Crippen LogP contribution in [-0.2, 0) is 22.5 Å². The van der Waals surface area contributed by atoms with Crippen LogP contribution >= 0.6 is 0 Å². The van der Waals surface area contributed by atoms with E-state index in [9.17, 15) is 19.2 Å². The van der Waals surface area contributed by atoms with Crippen molar-refractivity contribution < 1.29 is 14.3 Å². The van der Waals surface area contributed by atoms with E-state index in [1.165, 1.54) is 18.5 Å². The van der Waals surface area contributed by atoms with Gasteiger partial charge >= 0.3 is 11.7 Å². The molecule has 0 aliphatic carbocycles. The third-order valence-corrected chi connectivity index (χ3v) is 5.12. The molecular formula is C20H24N4O5. The summed E-state index contributed by atoms with van der Waals surface area (Å²) in [5.41, 5.74) is 4.11. The first-order chi connectivity index (χ1) is 13.7. The first-order valence-electron chi connectivity index (χ1n) is 9.41. The van der Waals surface area contributed by atoms with Gasteiger partial charge in [0.25, 0.3) is 11.5 Å². The van der Waals surface area contributed by atoms with Crippen LogP contribution in [0.3, 0.4) is 0 Å². The van der Waals surface area contributed by atoms with E-state index >= 15 is 0 Å². The molecule has 2 aromatic rings. The van der Waals surface area contributed by atoms with Crippen LogP contribution in [0, 0.1) is 0 Å². The fraction of sp³-hybridized carbons (Fsp3) is 0.400. The zero-order valence-corrected chi connectivity index (χ0v) is 16.7. The summed E-state index contributed by atoms with van der Waals surface area (Å²) in [5, 5.41) is 0. The number of benzene rings is 1. The minimum atomic E-state index is -1.51. The summed E-state index contributed by atoms with van der Waals surface area (Å²) in [7, 11) is 1.37. The number of carbonyl (C=O) groups is 2. The molecule has 1 aromatic heterocycles. The number of fused-ring (bicyclic) bond motifs is 1. The highest BCUT2D eigenvalue weighted by Gasteiger charge is 2.45. The molecule has 3 rings (SSSR count). The topological polar surface area (TPSA) is 127 Å². The number of nitrogens with two attached hydrogens (primary N) is 1. The number of anilines is 2. The van der Waals surface area contributed by atoms with Gasteiger partial charge in [0.15, 0.2) is 11.3 Å². The maximum atomic E-state index is 13.2. The van der Waals surface area contributed by atoms with Gasteiger partial charge in [0.1, 0.15) is 5.82 Å². The maximum Gasteiger partial charge on any atom is 0.339 e. The number of hydrogen-bond acceptors (Lipinski definition) is 6. The van der Waals surface area contributed by atoms with Crippen molar-refractivity contribution in [2.45, 2.75) is 45.3 Å². The molecule has 2 heterocycles. The Bertz CT molecular complexity index is 1090. The molecule has 0 fully saturated rings. The fourth-order valence-corrected chi connectivity index (χ4v) is 3.55. The first-order valence-corrected chi connectivity index (χ1v) is 9.41. The predicted molar refractivity (Wildman–Crippen MR) is 108 cm³/mol. The van der Waals surface area contributed by atoms with Gasteiger partial charge in [0, 0.05) is 20.0 Å². The lowest BCUT2D eigenvalue weighted by molar-refractivity contribution is -0.136. The van der Waals surface area contributed by atoms with Gasteiger partial charge in [-0.25, -0.2) is 9.59 Å². The molecule has 0 radical (unpaired) electrons. The van der Waals surface area contributed by atoms with Crippen LogP contribution in [0.25, 0.3) is 0 Å². The Hall–Kier alpha value is -3.36. The van der Waals surface area contributed by atoms with E-state index in [0.29, 0.717) is 24.1 Å². The minimum absolute atomic E-state index is 0.103. The van der Waals surface area contributed by atoms with E-state index in [2.05, 4.69) is 4.98 Å². The number of hydrogen-bond donors (Lipinski definition) is 2. The van der Waals surface area contributed by atoms with Crippen LogP contribution < -0.4 is 21.9 Å². The van der Waals surface area contributed by atoms with Gasteiger partial charge in [-0.1, -0.05) is 31.5 Å². The number of nitrogens with zero attached hydrogens (tertiary/aromatic N) is 2. The highest BCUT2D eigenvalue weighted by molar-refractivity contribution is 6.04. The van der Waals surface area contributed by atoms with Crippen molar-refractivity contribution in [2.75, 3.05) is 17.7 Å². The van der Waals surface area contributed by atoms with Crippen molar-refractivity contribution in [1.82, 2.24) is 9.55 Å². The Morgan fingerprint density at radius 3 is 2.69 bits per heavy atom. The second-order valence-corrected chi connectivity index (χ2v) is 7.32. The van der Waals surface area contributed by atoms with E-state index in [0.717, 1.165) is 11.3 Å². The van der Waals surface area contributed by atoms with E-state index < -0.39 is 28.7 Å². The average Bonchev–Trinajstić information content (AvgIpc) is 2.66. The summed E-state index contributed by atoms with van der Waals surface area (Å²) in [6.07, 6.45) is 1.66. The summed E-state index contributed by atoms with van der Waals surface area (Å²) < 4.78 is 6.68. The molecule has 0 spiro atoms. The van der Waals surface area contributed by atoms with Crippen LogP contribution in [0.15, 0.2) is 33.9 Å². The molecule has 0 bridgehead atoms. The molecule has 154 valence electrons. The molecule has 1 unspecified atom stereocenters. The average molecular weight is 400 g/mol. The largest absolute Gasteiger partial charge is 0.445 e. The number of H-pyrrole nitrogens is 1. The monoisotopic (exact) mass is 400 g/mol. The van der Waals surface area contributed by atoms with Gasteiger partial charge in [0.2, 0.25) is 0 Å². The van der Waals surface area contributed by atoms with Crippen molar-refractivity contribution in [3.8, 4) is 0 Å². The number of ether oxygens (including phenoxy) is 1. The number of nitrogen functional groups attached to an aromatic ring is 1. The SMILES string of the molecule is CCCCn1c(N)c(N(C)C(=O)C2(C)Cc3ccccc3C(=O)O2)c(=O)[nH]c1=O. The number of esters is 1. The second-order valence-electron chi connectivity index (χ2n) is 7.32. The highest BCUT2D eigenvalue weighted by atomic mass is 16.6. The minimum Gasteiger partial charge on any atom is -0.445 e. The molecule has 1 aliphatic rings. The maximum absolute atomic E-state index is 13.2. The number of aromatic amines is 1. The quantitative estimate of drug-likeness (QED) is 0.722. The normalized spacial score (nSPS) is 18.1. The molecule has 9 nitrogen and oxygen atoms in total. The number of amides is 1. The molecule has 1 atom stereocenters. The van der Waals surface area contributed by atoms with Crippen molar-refractivity contribution >= 4 is 23.4 Å². The van der Waals surface area contributed by atoms with E-state index in [1.54, 1.807) is 24.3 Å². The summed E-state index contributed by atoms with van der Waals surface area (Å²) in [6, 6.07) is 6.89. The summed E-state index contributed by atoms with van der Waals surface area (Å²) >= 11 is 0. The molecular weight excluding hydrogens is 376 g/mol.